The van der Waals surface area contributed by atoms with E-state index in [9.17, 15) is 9.18 Å². The number of amides is 1. The quantitative estimate of drug-likeness (QED) is 0.877. The fourth-order valence-corrected chi connectivity index (χ4v) is 2.60. The number of halogens is 2. The van der Waals surface area contributed by atoms with Crippen LogP contribution in [0.3, 0.4) is 0 Å². The Hall–Kier alpha value is -2.11. The summed E-state index contributed by atoms with van der Waals surface area (Å²) in [5.74, 6) is 0.824. The van der Waals surface area contributed by atoms with Crippen molar-refractivity contribution in [3.63, 3.8) is 0 Å². The summed E-state index contributed by atoms with van der Waals surface area (Å²) in [6.45, 7) is 1.77. The highest BCUT2D eigenvalue weighted by Gasteiger charge is 2.20. The molecule has 1 heterocycles. The number of nitrogens with one attached hydrogen (secondary N) is 2. The third kappa shape index (κ3) is 4.94. The molecule has 0 saturated carbocycles. The van der Waals surface area contributed by atoms with Crippen molar-refractivity contribution in [3.05, 3.63) is 54.3 Å². The molecule has 0 bridgehead atoms. The number of hydrogen-bond donors (Lipinski definition) is 2. The summed E-state index contributed by atoms with van der Waals surface area (Å²) in [4.78, 5) is 12.2. The first-order valence-corrected chi connectivity index (χ1v) is 7.76. The normalized spacial score (nSPS) is 14.5. The van der Waals surface area contributed by atoms with Crippen LogP contribution < -0.4 is 15.4 Å². The van der Waals surface area contributed by atoms with Crippen LogP contribution >= 0.6 is 12.4 Å². The molecule has 1 amide bonds. The lowest BCUT2D eigenvalue weighted by Crippen LogP contribution is -2.34. The molecular weight excluding hydrogens is 331 g/mol. The van der Waals surface area contributed by atoms with Gasteiger partial charge >= 0.3 is 0 Å². The Morgan fingerprint density at radius 1 is 1.08 bits per heavy atom. The summed E-state index contributed by atoms with van der Waals surface area (Å²) >= 11 is 0. The maximum atomic E-state index is 13.1. The van der Waals surface area contributed by atoms with E-state index >= 15 is 0 Å². The maximum Gasteiger partial charge on any atom is 0.227 e. The van der Waals surface area contributed by atoms with E-state index in [0.29, 0.717) is 11.5 Å². The Bertz CT molecular complexity index is 673. The first-order valence-electron chi connectivity index (χ1n) is 7.76. The number of hydrogen-bond acceptors (Lipinski definition) is 3. The molecule has 1 fully saturated rings. The Labute approximate surface area is 146 Å². The van der Waals surface area contributed by atoms with Crippen molar-refractivity contribution in [3.8, 4) is 11.5 Å². The van der Waals surface area contributed by atoms with E-state index in [4.69, 9.17) is 4.74 Å². The van der Waals surface area contributed by atoms with Gasteiger partial charge in [0, 0.05) is 17.7 Å². The second kappa shape index (κ2) is 8.66. The molecule has 0 radical (unpaired) electrons. The fraction of sp³-hybridized carbons (Fsp3) is 0.278. The second-order valence-corrected chi connectivity index (χ2v) is 5.60. The van der Waals surface area contributed by atoms with Gasteiger partial charge in [-0.25, -0.2) is 4.39 Å². The van der Waals surface area contributed by atoms with Gasteiger partial charge in [0.25, 0.3) is 0 Å². The Morgan fingerprint density at radius 2 is 1.79 bits per heavy atom. The topological polar surface area (TPSA) is 50.4 Å². The van der Waals surface area contributed by atoms with E-state index in [1.165, 1.54) is 12.1 Å². The molecule has 3 rings (SSSR count). The highest BCUT2D eigenvalue weighted by Crippen LogP contribution is 2.24. The summed E-state index contributed by atoms with van der Waals surface area (Å²) in [5, 5.41) is 6.17. The average molecular weight is 351 g/mol. The smallest absolute Gasteiger partial charge is 0.227 e. The molecule has 2 N–H and O–H groups in total. The molecule has 6 heteroatoms. The Kier molecular flexibility index (Phi) is 6.58. The Morgan fingerprint density at radius 3 is 2.46 bits per heavy atom. The van der Waals surface area contributed by atoms with Gasteiger partial charge in [0.15, 0.2) is 0 Å². The van der Waals surface area contributed by atoms with E-state index in [1.807, 2.05) is 0 Å². The number of carbonyl (C=O) groups excluding carboxylic acids is 1. The van der Waals surface area contributed by atoms with Crippen LogP contribution in [0.1, 0.15) is 12.8 Å². The van der Waals surface area contributed by atoms with Crippen LogP contribution in [0.2, 0.25) is 0 Å². The number of ether oxygens (including phenoxy) is 1. The predicted octanol–water partition coefficient (Wildman–Crippen LogP) is 3.98. The van der Waals surface area contributed by atoms with E-state index in [0.717, 1.165) is 31.6 Å². The number of piperidine rings is 1. The molecule has 0 unspecified atom stereocenters. The lowest BCUT2D eigenvalue weighted by atomic mass is 9.97. The van der Waals surface area contributed by atoms with Crippen LogP contribution in [0.15, 0.2) is 48.5 Å². The third-order valence-corrected chi connectivity index (χ3v) is 3.86. The predicted molar refractivity (Wildman–Crippen MR) is 94.4 cm³/mol. The molecule has 128 valence electrons. The number of rotatable bonds is 4. The van der Waals surface area contributed by atoms with Crippen LogP contribution in [-0.4, -0.2) is 19.0 Å². The SMILES string of the molecule is Cl.O=C(Nc1ccc(Oc2cccc(F)c2)cc1)C1CCNCC1. The van der Waals surface area contributed by atoms with Crippen molar-refractivity contribution in [2.24, 2.45) is 5.92 Å². The number of benzene rings is 2. The molecule has 1 aliphatic heterocycles. The van der Waals surface area contributed by atoms with Crippen molar-refractivity contribution in [1.29, 1.82) is 0 Å². The van der Waals surface area contributed by atoms with E-state index in [1.54, 1.807) is 36.4 Å². The highest BCUT2D eigenvalue weighted by molar-refractivity contribution is 5.92. The van der Waals surface area contributed by atoms with Gasteiger partial charge in [-0.2, -0.15) is 0 Å². The van der Waals surface area contributed by atoms with Gasteiger partial charge in [-0.3, -0.25) is 4.79 Å². The first kappa shape index (κ1) is 18.2. The zero-order valence-electron chi connectivity index (χ0n) is 13.1. The standard InChI is InChI=1S/C18H19FN2O2.ClH/c19-14-2-1-3-17(12-14)23-16-6-4-15(5-7-16)21-18(22)13-8-10-20-11-9-13;/h1-7,12-13,20H,8-11H2,(H,21,22);1H. The zero-order chi connectivity index (χ0) is 16.1. The van der Waals surface area contributed by atoms with E-state index in [-0.39, 0.29) is 30.0 Å². The van der Waals surface area contributed by atoms with Gasteiger partial charge in [0.2, 0.25) is 5.91 Å². The summed E-state index contributed by atoms with van der Waals surface area (Å²) in [5.41, 5.74) is 0.736. The summed E-state index contributed by atoms with van der Waals surface area (Å²) in [7, 11) is 0. The number of anilines is 1. The summed E-state index contributed by atoms with van der Waals surface area (Å²) in [6, 6.07) is 13.1. The van der Waals surface area contributed by atoms with Gasteiger partial charge in [-0.1, -0.05) is 6.07 Å². The van der Waals surface area contributed by atoms with Gasteiger partial charge in [-0.05, 0) is 62.3 Å². The van der Waals surface area contributed by atoms with Gasteiger partial charge < -0.3 is 15.4 Å². The van der Waals surface area contributed by atoms with E-state index < -0.39 is 0 Å². The number of carbonyl (C=O) groups is 1. The Balaban J connectivity index is 0.00000208. The van der Waals surface area contributed by atoms with Gasteiger partial charge in [0.05, 0.1) is 0 Å². The fourth-order valence-electron chi connectivity index (χ4n) is 2.60. The van der Waals surface area contributed by atoms with Crippen molar-refractivity contribution in [2.45, 2.75) is 12.8 Å². The largest absolute Gasteiger partial charge is 0.457 e. The minimum absolute atomic E-state index is 0. The molecule has 0 aliphatic carbocycles. The first-order chi connectivity index (χ1) is 11.2. The molecule has 1 saturated heterocycles. The molecule has 1 aliphatic rings. The van der Waals surface area contributed by atoms with Gasteiger partial charge in [0.1, 0.15) is 17.3 Å². The second-order valence-electron chi connectivity index (χ2n) is 5.60. The van der Waals surface area contributed by atoms with Crippen molar-refractivity contribution < 1.29 is 13.9 Å². The molecule has 4 nitrogen and oxygen atoms in total. The van der Waals surface area contributed by atoms with Crippen molar-refractivity contribution >= 4 is 24.0 Å². The third-order valence-electron chi connectivity index (χ3n) is 3.86. The maximum absolute atomic E-state index is 13.1. The monoisotopic (exact) mass is 350 g/mol. The molecule has 0 aromatic heterocycles. The average Bonchev–Trinajstić information content (AvgIpc) is 2.57. The van der Waals surface area contributed by atoms with Crippen molar-refractivity contribution in [2.75, 3.05) is 18.4 Å². The summed E-state index contributed by atoms with van der Waals surface area (Å²) in [6.07, 6.45) is 1.74. The lowest BCUT2D eigenvalue weighted by molar-refractivity contribution is -0.120. The zero-order valence-corrected chi connectivity index (χ0v) is 13.9. The molecule has 0 atom stereocenters. The molecule has 2 aromatic carbocycles. The minimum atomic E-state index is -0.339. The summed E-state index contributed by atoms with van der Waals surface area (Å²) < 4.78 is 18.7. The molecule has 0 spiro atoms. The van der Waals surface area contributed by atoms with Crippen LogP contribution in [-0.2, 0) is 4.79 Å². The van der Waals surface area contributed by atoms with Crippen LogP contribution in [0, 0.1) is 11.7 Å². The minimum Gasteiger partial charge on any atom is -0.457 e. The lowest BCUT2D eigenvalue weighted by Gasteiger charge is -2.21. The van der Waals surface area contributed by atoms with Crippen LogP contribution in [0.5, 0.6) is 11.5 Å². The van der Waals surface area contributed by atoms with Crippen LogP contribution in [0.4, 0.5) is 10.1 Å². The van der Waals surface area contributed by atoms with E-state index in [2.05, 4.69) is 10.6 Å². The van der Waals surface area contributed by atoms with Gasteiger partial charge in [-0.15, -0.1) is 12.4 Å². The van der Waals surface area contributed by atoms with Crippen molar-refractivity contribution in [1.82, 2.24) is 5.32 Å². The molecular formula is C18H20ClFN2O2. The highest BCUT2D eigenvalue weighted by atomic mass is 35.5. The van der Waals surface area contributed by atoms with Crippen LogP contribution in [0.25, 0.3) is 0 Å². The molecule has 2 aromatic rings. The molecule has 24 heavy (non-hydrogen) atoms.